The normalized spacial score (nSPS) is 17.3. The Balaban J connectivity index is 0.00000326. The van der Waals surface area contributed by atoms with Crippen molar-refractivity contribution < 1.29 is 33.5 Å². The highest BCUT2D eigenvalue weighted by molar-refractivity contribution is 15.0. The summed E-state index contributed by atoms with van der Waals surface area (Å²) in [6, 6.07) is 0. The van der Waals surface area contributed by atoms with E-state index in [1.54, 1.807) is 0 Å². The maximum atomic E-state index is 11.3. The first-order valence-electron chi connectivity index (χ1n) is 20.8. The molecular weight excluding hydrogens is 966 g/mol. The van der Waals surface area contributed by atoms with Crippen LogP contribution in [-0.2, 0) is 15.9 Å². The molecule has 0 spiro atoms. The molecule has 2 aliphatic rings. The summed E-state index contributed by atoms with van der Waals surface area (Å²) in [7, 11) is 0. The minimum absolute atomic E-state index is 0.126. The maximum Gasteiger partial charge on any atom is 0.226 e. The van der Waals surface area contributed by atoms with Crippen LogP contribution in [0.3, 0.4) is 0 Å². The average Bonchev–Trinajstić information content (AvgIpc) is 4.16. The van der Waals surface area contributed by atoms with Crippen molar-refractivity contribution in [2.24, 2.45) is 0 Å². The molecule has 2 saturated heterocycles. The van der Waals surface area contributed by atoms with Gasteiger partial charge in [0.15, 0.2) is 0 Å². The number of halogens is 2. The highest BCUT2D eigenvalue weighted by Crippen LogP contribution is 2.46. The topological polar surface area (TPSA) is 82.2 Å². The van der Waals surface area contributed by atoms with Crippen molar-refractivity contribution in [2.75, 3.05) is 26.4 Å². The SMILES string of the molecule is Cc1c(C)c(OCC(O)COc2c(C)c(C)c(-c3c(C)c(C)c(OC4OC4C)c(C)c3C)c(C)c2C)c(C)c(C)c1Cc1c(C)c(C)c(OCC2CO2)c(C)c1C.II. The molecule has 4 aromatic carbocycles. The summed E-state index contributed by atoms with van der Waals surface area (Å²) in [5, 5.41) is 11.3. The van der Waals surface area contributed by atoms with Gasteiger partial charge in [0, 0.05) is 37.2 Å². The van der Waals surface area contributed by atoms with E-state index >= 15 is 0 Å². The molecule has 322 valence electrons. The molecule has 7 nitrogen and oxygen atoms in total. The summed E-state index contributed by atoms with van der Waals surface area (Å²) in [4.78, 5) is 0. The summed E-state index contributed by atoms with van der Waals surface area (Å²) in [5.74, 6) is 3.59. The van der Waals surface area contributed by atoms with Gasteiger partial charge in [0.1, 0.15) is 61.1 Å². The van der Waals surface area contributed by atoms with Crippen LogP contribution in [0.25, 0.3) is 11.1 Å². The van der Waals surface area contributed by atoms with Crippen LogP contribution in [0.5, 0.6) is 23.0 Å². The fourth-order valence-electron chi connectivity index (χ4n) is 8.70. The van der Waals surface area contributed by atoms with Crippen LogP contribution in [0.4, 0.5) is 0 Å². The van der Waals surface area contributed by atoms with Gasteiger partial charge in [-0.2, -0.15) is 0 Å². The average molecular weight is 1030 g/mol. The van der Waals surface area contributed by atoms with Gasteiger partial charge in [-0.25, -0.2) is 0 Å². The number of aliphatic hydroxyl groups excluding tert-OH is 1. The van der Waals surface area contributed by atoms with Gasteiger partial charge in [-0.1, -0.05) is 0 Å². The van der Waals surface area contributed by atoms with Gasteiger partial charge in [-0.3, -0.25) is 0 Å². The predicted octanol–water partition coefficient (Wildman–Crippen LogP) is 12.4. The Hall–Kier alpha value is -2.58. The first-order valence-corrected chi connectivity index (χ1v) is 27.1. The Morgan fingerprint density at radius 1 is 0.508 bits per heavy atom. The minimum atomic E-state index is -0.813. The monoisotopic (exact) mass is 1030 g/mol. The molecule has 2 aliphatic heterocycles. The van der Waals surface area contributed by atoms with Crippen molar-refractivity contribution in [1.82, 2.24) is 0 Å². The van der Waals surface area contributed by atoms with E-state index < -0.39 is 6.10 Å². The highest BCUT2D eigenvalue weighted by Gasteiger charge is 2.38. The summed E-state index contributed by atoms with van der Waals surface area (Å²) >= 11 is 4.24. The van der Waals surface area contributed by atoms with Crippen LogP contribution in [0.15, 0.2) is 0 Å². The summed E-state index contributed by atoms with van der Waals surface area (Å²) in [6.45, 7) is 38.4. The van der Waals surface area contributed by atoms with Gasteiger partial charge in [0.2, 0.25) is 6.29 Å². The lowest BCUT2D eigenvalue weighted by atomic mass is 9.82. The quantitative estimate of drug-likeness (QED) is 0.0995. The van der Waals surface area contributed by atoms with Crippen LogP contribution in [0.1, 0.15) is 107 Å². The smallest absolute Gasteiger partial charge is 0.226 e. The zero-order chi connectivity index (χ0) is 43.9. The van der Waals surface area contributed by atoms with E-state index in [-0.39, 0.29) is 31.7 Å². The van der Waals surface area contributed by atoms with Crippen molar-refractivity contribution >= 4 is 37.2 Å². The standard InChI is InChI=1S/C50H66O7.I2/c1-23-31(9)46(32(10)24(2)42(23)18-43-25(3)33(11)47(34(12)26(43)4)55-22-41-21-52-41)53-19-40(51)20-54-48-35(13)27(5)44(28(6)36(48)14)45-29(7)37(15)49(38(16)30(45)8)57-50-39(17)56-50;1-2/h39-41,50-51H,18-22H2,1-17H3;. The molecule has 4 aromatic rings. The Labute approximate surface area is 377 Å². The zero-order valence-electron chi connectivity index (χ0n) is 38.5. The summed E-state index contributed by atoms with van der Waals surface area (Å²) in [5.41, 5.74) is 24.0. The van der Waals surface area contributed by atoms with E-state index in [1.165, 1.54) is 77.9 Å². The van der Waals surface area contributed by atoms with Gasteiger partial charge in [-0.05, 0) is 235 Å². The second-order valence-corrected chi connectivity index (χ2v) is 17.1. The third-order valence-corrected chi connectivity index (χ3v) is 13.7. The molecule has 0 bridgehead atoms. The molecule has 0 aliphatic carbocycles. The molecular formula is C50H66I2O7. The first kappa shape index (κ1) is 47.5. The van der Waals surface area contributed by atoms with Crippen molar-refractivity contribution in [1.29, 1.82) is 0 Å². The van der Waals surface area contributed by atoms with Crippen LogP contribution in [0.2, 0.25) is 0 Å². The van der Waals surface area contributed by atoms with Gasteiger partial charge in [0.25, 0.3) is 0 Å². The van der Waals surface area contributed by atoms with Crippen molar-refractivity contribution in [3.8, 4) is 34.1 Å². The molecule has 0 saturated carbocycles. The second-order valence-electron chi connectivity index (χ2n) is 17.1. The highest BCUT2D eigenvalue weighted by atomic mass is 128. The minimum Gasteiger partial charge on any atom is -0.490 e. The molecule has 2 heterocycles. The van der Waals surface area contributed by atoms with Crippen molar-refractivity contribution in [3.05, 3.63) is 100 Å². The van der Waals surface area contributed by atoms with E-state index in [0.29, 0.717) is 6.61 Å². The number of hydrogen-bond acceptors (Lipinski definition) is 7. The summed E-state index contributed by atoms with van der Waals surface area (Å²) in [6.07, 6.45) is 0.203. The van der Waals surface area contributed by atoms with E-state index in [9.17, 15) is 5.11 Å². The Bertz CT molecular complexity index is 2140. The van der Waals surface area contributed by atoms with Crippen molar-refractivity contribution in [2.45, 2.75) is 149 Å². The molecule has 0 amide bonds. The lowest BCUT2D eigenvalue weighted by molar-refractivity contribution is 0.0616. The van der Waals surface area contributed by atoms with Crippen molar-refractivity contribution in [3.63, 3.8) is 0 Å². The molecule has 0 aromatic heterocycles. The molecule has 4 atom stereocenters. The second kappa shape index (κ2) is 19.2. The predicted molar refractivity (Wildman–Crippen MR) is 259 cm³/mol. The Morgan fingerprint density at radius 3 is 1.14 bits per heavy atom. The molecule has 1 N–H and O–H groups in total. The lowest BCUT2D eigenvalue weighted by Crippen LogP contribution is -2.26. The molecule has 6 rings (SSSR count). The number of benzene rings is 4. The Kier molecular flexibility index (Phi) is 15.5. The van der Waals surface area contributed by atoms with Gasteiger partial charge >= 0.3 is 0 Å². The number of ether oxygens (including phenoxy) is 6. The van der Waals surface area contributed by atoms with Crippen LogP contribution in [-0.4, -0.2) is 56.1 Å². The fraction of sp³-hybridized carbons (Fsp3) is 0.520. The van der Waals surface area contributed by atoms with Crippen LogP contribution >= 0.6 is 37.2 Å². The van der Waals surface area contributed by atoms with Crippen LogP contribution in [0, 0.1) is 111 Å². The van der Waals surface area contributed by atoms with E-state index in [2.05, 4.69) is 148 Å². The number of hydrogen-bond donors (Lipinski definition) is 1. The van der Waals surface area contributed by atoms with E-state index in [4.69, 9.17) is 28.4 Å². The molecule has 0 radical (unpaired) electrons. The largest absolute Gasteiger partial charge is 0.490 e. The third-order valence-electron chi connectivity index (χ3n) is 13.7. The van der Waals surface area contributed by atoms with Gasteiger partial charge in [-0.15, -0.1) is 0 Å². The maximum absolute atomic E-state index is 11.3. The van der Waals surface area contributed by atoms with E-state index in [0.717, 1.165) is 69.4 Å². The molecule has 9 heteroatoms. The van der Waals surface area contributed by atoms with E-state index in [1.807, 2.05) is 6.92 Å². The first-order chi connectivity index (χ1) is 27.8. The zero-order valence-corrected chi connectivity index (χ0v) is 42.8. The van der Waals surface area contributed by atoms with Gasteiger partial charge in [0.05, 0.1) is 6.61 Å². The number of rotatable bonds is 14. The number of epoxide rings is 2. The van der Waals surface area contributed by atoms with Crippen LogP contribution < -0.4 is 18.9 Å². The number of aliphatic hydroxyl groups is 1. The summed E-state index contributed by atoms with van der Waals surface area (Å²) < 4.78 is 36.4. The molecule has 2 fully saturated rings. The Morgan fingerprint density at radius 2 is 0.814 bits per heavy atom. The molecule has 4 unspecified atom stereocenters. The lowest BCUT2D eigenvalue weighted by Gasteiger charge is -2.26. The van der Waals surface area contributed by atoms with Gasteiger partial charge < -0.3 is 33.5 Å². The third kappa shape index (κ3) is 9.44. The molecule has 59 heavy (non-hydrogen) atoms. The fourth-order valence-corrected chi connectivity index (χ4v) is 8.70.